The summed E-state index contributed by atoms with van der Waals surface area (Å²) in [6.45, 7) is 5.72. The van der Waals surface area contributed by atoms with Crippen LogP contribution >= 0.6 is 0 Å². The van der Waals surface area contributed by atoms with Crippen molar-refractivity contribution in [2.75, 3.05) is 19.6 Å². The molecule has 1 aliphatic heterocycles. The minimum Gasteiger partial charge on any atom is -0.419 e. The Morgan fingerprint density at radius 3 is 2.90 bits per heavy atom. The molecule has 1 aromatic carbocycles. The Morgan fingerprint density at radius 2 is 2.15 bits per heavy atom. The molecule has 2 heterocycles. The van der Waals surface area contributed by atoms with Crippen LogP contribution in [-0.2, 0) is 6.54 Å². The first-order valence-corrected chi connectivity index (χ1v) is 6.75. The summed E-state index contributed by atoms with van der Waals surface area (Å²) in [5.74, 6) is 0.755. The average Bonchev–Trinajstić information content (AvgIpc) is 2.88. The maximum Gasteiger partial charge on any atom is 0.247 e. The van der Waals surface area contributed by atoms with Gasteiger partial charge in [0.15, 0.2) is 0 Å². The minimum atomic E-state index is -0.275. The maximum atomic E-state index is 12.9. The molecule has 20 heavy (non-hydrogen) atoms. The summed E-state index contributed by atoms with van der Waals surface area (Å²) in [5, 5.41) is 11.5. The van der Waals surface area contributed by atoms with Gasteiger partial charge in [0.05, 0.1) is 6.54 Å². The molecule has 6 heteroatoms. The fourth-order valence-electron chi connectivity index (χ4n) is 2.37. The van der Waals surface area contributed by atoms with E-state index in [1.165, 1.54) is 12.1 Å². The van der Waals surface area contributed by atoms with Crippen LogP contribution in [0.15, 0.2) is 28.7 Å². The van der Waals surface area contributed by atoms with Crippen LogP contribution in [-0.4, -0.2) is 40.8 Å². The molecule has 5 nitrogen and oxygen atoms in total. The van der Waals surface area contributed by atoms with E-state index in [-0.39, 0.29) is 5.82 Å². The summed E-state index contributed by atoms with van der Waals surface area (Å²) in [7, 11) is 0. The van der Waals surface area contributed by atoms with E-state index < -0.39 is 0 Å². The number of nitrogens with zero attached hydrogens (tertiary/aromatic N) is 3. The van der Waals surface area contributed by atoms with E-state index in [0.29, 0.717) is 24.4 Å². The molecule has 0 bridgehead atoms. The first kappa shape index (κ1) is 13.2. The molecule has 1 saturated heterocycles. The van der Waals surface area contributed by atoms with Crippen LogP contribution in [0.2, 0.25) is 0 Å². The maximum absolute atomic E-state index is 12.9. The van der Waals surface area contributed by atoms with Gasteiger partial charge in [-0.1, -0.05) is 0 Å². The lowest BCUT2D eigenvalue weighted by Crippen LogP contribution is -2.48. The first-order valence-electron chi connectivity index (χ1n) is 6.75. The molecule has 0 radical (unpaired) electrons. The zero-order chi connectivity index (χ0) is 13.9. The second-order valence-electron chi connectivity index (χ2n) is 5.10. The first-order chi connectivity index (χ1) is 9.70. The monoisotopic (exact) mass is 276 g/mol. The highest BCUT2D eigenvalue weighted by atomic mass is 19.1. The SMILES string of the molecule is CC1CN(Cc2nnc(-c3ccc(F)cc3)o2)CCN1. The van der Waals surface area contributed by atoms with Crippen LogP contribution in [0.1, 0.15) is 12.8 Å². The van der Waals surface area contributed by atoms with Gasteiger partial charge >= 0.3 is 0 Å². The van der Waals surface area contributed by atoms with E-state index in [1.54, 1.807) is 12.1 Å². The fraction of sp³-hybridized carbons (Fsp3) is 0.429. The summed E-state index contributed by atoms with van der Waals surface area (Å²) < 4.78 is 18.5. The molecule has 1 aromatic heterocycles. The van der Waals surface area contributed by atoms with Gasteiger partial charge in [0.25, 0.3) is 0 Å². The largest absolute Gasteiger partial charge is 0.419 e. The molecule has 3 rings (SSSR count). The molecule has 0 aliphatic carbocycles. The van der Waals surface area contributed by atoms with Crippen molar-refractivity contribution >= 4 is 0 Å². The molecule has 2 aromatic rings. The second-order valence-corrected chi connectivity index (χ2v) is 5.10. The van der Waals surface area contributed by atoms with Crippen LogP contribution in [0.25, 0.3) is 11.5 Å². The summed E-state index contributed by atoms with van der Waals surface area (Å²) in [6.07, 6.45) is 0. The predicted octanol–water partition coefficient (Wildman–Crippen LogP) is 1.67. The molecule has 0 amide bonds. The molecule has 1 N–H and O–H groups in total. The molecule has 106 valence electrons. The molecule has 1 aliphatic rings. The van der Waals surface area contributed by atoms with E-state index in [1.807, 2.05) is 0 Å². The molecule has 0 saturated carbocycles. The van der Waals surface area contributed by atoms with E-state index in [2.05, 4.69) is 27.3 Å². The molecule has 1 atom stereocenters. The normalized spacial score (nSPS) is 20.2. The van der Waals surface area contributed by atoms with Crippen LogP contribution in [0.5, 0.6) is 0 Å². The lowest BCUT2D eigenvalue weighted by atomic mass is 10.2. The Balaban J connectivity index is 1.69. The highest BCUT2D eigenvalue weighted by molar-refractivity contribution is 5.51. The summed E-state index contributed by atoms with van der Waals surface area (Å²) >= 11 is 0. The van der Waals surface area contributed by atoms with Crippen molar-refractivity contribution in [2.24, 2.45) is 0 Å². The minimum absolute atomic E-state index is 0.275. The van der Waals surface area contributed by atoms with Gasteiger partial charge in [-0.05, 0) is 31.2 Å². The third-order valence-electron chi connectivity index (χ3n) is 3.37. The van der Waals surface area contributed by atoms with Gasteiger partial charge in [-0.3, -0.25) is 4.90 Å². The van der Waals surface area contributed by atoms with E-state index in [0.717, 1.165) is 25.2 Å². The number of rotatable bonds is 3. The Morgan fingerprint density at radius 1 is 1.35 bits per heavy atom. The quantitative estimate of drug-likeness (QED) is 0.924. The second kappa shape index (κ2) is 5.68. The predicted molar refractivity (Wildman–Crippen MR) is 72.4 cm³/mol. The third-order valence-corrected chi connectivity index (χ3v) is 3.37. The molecular formula is C14H17FN4O. The zero-order valence-corrected chi connectivity index (χ0v) is 11.3. The van der Waals surface area contributed by atoms with Crippen LogP contribution in [0.3, 0.4) is 0 Å². The Kier molecular flexibility index (Phi) is 3.75. The summed E-state index contributed by atoms with van der Waals surface area (Å²) in [6, 6.07) is 6.52. The molecule has 1 unspecified atom stereocenters. The number of hydrogen-bond donors (Lipinski definition) is 1. The standard InChI is InChI=1S/C14H17FN4O/c1-10-8-19(7-6-16-10)9-13-17-18-14(20-13)11-2-4-12(15)5-3-11/h2-5,10,16H,6-9H2,1H3. The Bertz CT molecular complexity index is 569. The highest BCUT2D eigenvalue weighted by Gasteiger charge is 2.18. The Labute approximate surface area is 116 Å². The topological polar surface area (TPSA) is 54.2 Å². The Hall–Kier alpha value is -1.79. The van der Waals surface area contributed by atoms with Crippen molar-refractivity contribution in [3.8, 4) is 11.5 Å². The van der Waals surface area contributed by atoms with Gasteiger partial charge < -0.3 is 9.73 Å². The number of halogens is 1. The third kappa shape index (κ3) is 3.02. The van der Waals surface area contributed by atoms with Gasteiger partial charge in [0.1, 0.15) is 5.82 Å². The highest BCUT2D eigenvalue weighted by Crippen LogP contribution is 2.18. The number of nitrogens with one attached hydrogen (secondary N) is 1. The molecule has 1 fully saturated rings. The summed E-state index contributed by atoms with van der Waals surface area (Å²) in [5.41, 5.74) is 0.735. The van der Waals surface area contributed by atoms with Gasteiger partial charge in [-0.2, -0.15) is 0 Å². The number of hydrogen-bond acceptors (Lipinski definition) is 5. The van der Waals surface area contributed by atoms with Crippen molar-refractivity contribution in [3.05, 3.63) is 36.0 Å². The summed E-state index contributed by atoms with van der Waals surface area (Å²) in [4.78, 5) is 2.28. The number of benzene rings is 1. The van der Waals surface area contributed by atoms with Gasteiger partial charge in [-0.15, -0.1) is 10.2 Å². The van der Waals surface area contributed by atoms with Gasteiger partial charge in [-0.25, -0.2) is 4.39 Å². The van der Waals surface area contributed by atoms with Crippen molar-refractivity contribution in [3.63, 3.8) is 0 Å². The van der Waals surface area contributed by atoms with Crippen LogP contribution in [0, 0.1) is 5.82 Å². The number of aromatic nitrogens is 2. The van der Waals surface area contributed by atoms with Crippen molar-refractivity contribution in [1.82, 2.24) is 20.4 Å². The smallest absolute Gasteiger partial charge is 0.247 e. The van der Waals surface area contributed by atoms with Gasteiger partial charge in [0, 0.05) is 31.2 Å². The number of piperazine rings is 1. The van der Waals surface area contributed by atoms with E-state index in [9.17, 15) is 4.39 Å². The van der Waals surface area contributed by atoms with E-state index in [4.69, 9.17) is 4.42 Å². The van der Waals surface area contributed by atoms with Gasteiger partial charge in [0.2, 0.25) is 11.8 Å². The fourth-order valence-corrected chi connectivity index (χ4v) is 2.37. The van der Waals surface area contributed by atoms with Crippen LogP contribution in [0.4, 0.5) is 4.39 Å². The molecular weight excluding hydrogens is 259 g/mol. The van der Waals surface area contributed by atoms with E-state index >= 15 is 0 Å². The molecule has 0 spiro atoms. The van der Waals surface area contributed by atoms with Crippen molar-refractivity contribution < 1.29 is 8.81 Å². The average molecular weight is 276 g/mol. The lowest BCUT2D eigenvalue weighted by molar-refractivity contribution is 0.184. The van der Waals surface area contributed by atoms with Crippen LogP contribution < -0.4 is 5.32 Å². The lowest BCUT2D eigenvalue weighted by Gasteiger charge is -2.30. The zero-order valence-electron chi connectivity index (χ0n) is 11.3. The van der Waals surface area contributed by atoms with Crippen molar-refractivity contribution in [1.29, 1.82) is 0 Å². The van der Waals surface area contributed by atoms with Crippen molar-refractivity contribution in [2.45, 2.75) is 19.5 Å².